The van der Waals surface area contributed by atoms with Crippen LogP contribution in [0.3, 0.4) is 0 Å². The van der Waals surface area contributed by atoms with E-state index in [1.165, 1.54) is 19.3 Å². The third-order valence-corrected chi connectivity index (χ3v) is 6.10. The molecule has 1 heterocycles. The number of rotatable bonds is 4. The molecule has 0 saturated heterocycles. The Morgan fingerprint density at radius 1 is 1.12 bits per heavy atom. The van der Waals surface area contributed by atoms with E-state index >= 15 is 0 Å². The van der Waals surface area contributed by atoms with Gasteiger partial charge in [0.2, 0.25) is 5.91 Å². The lowest BCUT2D eigenvalue weighted by molar-refractivity contribution is -0.127. The highest BCUT2D eigenvalue weighted by Crippen LogP contribution is 2.41. The van der Waals surface area contributed by atoms with Gasteiger partial charge in [0, 0.05) is 18.5 Å². The number of benzene rings is 1. The highest BCUT2D eigenvalue weighted by Gasteiger charge is 2.40. The van der Waals surface area contributed by atoms with Crippen LogP contribution in [-0.2, 0) is 11.2 Å². The van der Waals surface area contributed by atoms with E-state index in [0.29, 0.717) is 37.6 Å². The van der Waals surface area contributed by atoms with E-state index < -0.39 is 0 Å². The summed E-state index contributed by atoms with van der Waals surface area (Å²) in [5.41, 5.74) is 7.48. The van der Waals surface area contributed by atoms with E-state index in [9.17, 15) is 4.79 Å². The molecule has 1 aliphatic heterocycles. The second-order valence-corrected chi connectivity index (χ2v) is 7.72. The molecule has 144 valence electrons. The first-order valence-corrected chi connectivity index (χ1v) is 9.62. The predicted octanol–water partition coefficient (Wildman–Crippen LogP) is 2.69. The Balaban J connectivity index is 0.00000196. The van der Waals surface area contributed by atoms with E-state index in [4.69, 9.17) is 15.2 Å². The Kier molecular flexibility index (Phi) is 6.30. The Labute approximate surface area is 161 Å². The van der Waals surface area contributed by atoms with Crippen LogP contribution in [0, 0.1) is 17.8 Å². The summed E-state index contributed by atoms with van der Waals surface area (Å²) in [4.78, 5) is 12.6. The van der Waals surface area contributed by atoms with Crippen LogP contribution in [-0.4, -0.2) is 31.7 Å². The maximum absolute atomic E-state index is 12.6. The van der Waals surface area contributed by atoms with Gasteiger partial charge in [0.05, 0.1) is 0 Å². The van der Waals surface area contributed by atoms with Crippen molar-refractivity contribution >= 4 is 18.3 Å². The largest absolute Gasteiger partial charge is 0.486 e. The first-order valence-electron chi connectivity index (χ1n) is 9.62. The topological polar surface area (TPSA) is 73.6 Å². The maximum Gasteiger partial charge on any atom is 0.223 e. The summed E-state index contributed by atoms with van der Waals surface area (Å²) in [7, 11) is 0. The van der Waals surface area contributed by atoms with Crippen LogP contribution in [0.1, 0.15) is 37.7 Å². The average molecular weight is 381 g/mol. The molecule has 2 saturated carbocycles. The normalized spacial score (nSPS) is 29.4. The first-order chi connectivity index (χ1) is 12.2. The van der Waals surface area contributed by atoms with Crippen molar-refractivity contribution in [3.63, 3.8) is 0 Å². The van der Waals surface area contributed by atoms with Gasteiger partial charge in [-0.2, -0.15) is 0 Å². The Morgan fingerprint density at radius 3 is 2.54 bits per heavy atom. The summed E-state index contributed by atoms with van der Waals surface area (Å²) in [6.07, 6.45) is 6.40. The smallest absolute Gasteiger partial charge is 0.223 e. The van der Waals surface area contributed by atoms with Crippen molar-refractivity contribution in [2.75, 3.05) is 19.8 Å². The molecule has 1 aromatic rings. The number of hydrogen-bond donors (Lipinski definition) is 2. The van der Waals surface area contributed by atoms with Gasteiger partial charge in [-0.05, 0) is 61.6 Å². The molecule has 5 nitrogen and oxygen atoms in total. The van der Waals surface area contributed by atoms with Crippen molar-refractivity contribution in [1.29, 1.82) is 0 Å². The van der Waals surface area contributed by atoms with Crippen LogP contribution in [0.15, 0.2) is 18.2 Å². The second kappa shape index (κ2) is 8.49. The molecule has 0 radical (unpaired) electrons. The van der Waals surface area contributed by atoms with Crippen molar-refractivity contribution in [3.05, 3.63) is 23.8 Å². The lowest BCUT2D eigenvalue weighted by atomic mass is 9.65. The summed E-state index contributed by atoms with van der Waals surface area (Å²) in [6, 6.07) is 6.33. The summed E-state index contributed by atoms with van der Waals surface area (Å²) in [5, 5.41) is 3.13. The van der Waals surface area contributed by atoms with Gasteiger partial charge >= 0.3 is 0 Å². The minimum atomic E-state index is 0. The van der Waals surface area contributed by atoms with Crippen molar-refractivity contribution < 1.29 is 14.3 Å². The Bertz CT molecular complexity index is 625. The molecule has 0 aromatic heterocycles. The van der Waals surface area contributed by atoms with Crippen molar-refractivity contribution in [2.24, 2.45) is 23.5 Å². The van der Waals surface area contributed by atoms with E-state index in [1.54, 1.807) is 0 Å². The third-order valence-electron chi connectivity index (χ3n) is 6.10. The van der Waals surface area contributed by atoms with Crippen LogP contribution in [0.4, 0.5) is 0 Å². The quantitative estimate of drug-likeness (QED) is 0.842. The number of carbonyl (C=O) groups excluding carboxylic acids is 1. The standard InChI is InChI=1S/C20H28N2O3.ClH/c21-19-14-2-1-3-15(19)12-16(11-14)20(23)22-7-6-13-4-5-17-18(10-13)25-9-8-24-17;/h4-5,10,14-16,19H,1-3,6-9,11-12,21H2,(H,22,23);1H. The third kappa shape index (κ3) is 4.09. The van der Waals surface area contributed by atoms with Crippen molar-refractivity contribution in [3.8, 4) is 11.5 Å². The number of nitrogens with one attached hydrogen (secondary N) is 1. The lowest BCUT2D eigenvalue weighted by Crippen LogP contribution is -2.49. The summed E-state index contributed by atoms with van der Waals surface area (Å²) >= 11 is 0. The molecule has 2 bridgehead atoms. The summed E-state index contributed by atoms with van der Waals surface area (Å²) in [6.45, 7) is 1.87. The molecule has 1 amide bonds. The van der Waals surface area contributed by atoms with Gasteiger partial charge in [-0.3, -0.25) is 4.79 Å². The first kappa shape index (κ1) is 19.3. The van der Waals surface area contributed by atoms with E-state index in [-0.39, 0.29) is 24.2 Å². The monoisotopic (exact) mass is 380 g/mol. The molecular formula is C20H29ClN2O3. The fourth-order valence-corrected chi connectivity index (χ4v) is 4.72. The number of hydrogen-bond acceptors (Lipinski definition) is 4. The highest BCUT2D eigenvalue weighted by molar-refractivity contribution is 5.85. The number of fused-ring (bicyclic) bond motifs is 3. The van der Waals surface area contributed by atoms with Gasteiger partial charge in [-0.15, -0.1) is 12.4 Å². The van der Waals surface area contributed by atoms with Gasteiger partial charge in [-0.1, -0.05) is 12.5 Å². The van der Waals surface area contributed by atoms with Gasteiger partial charge in [0.1, 0.15) is 13.2 Å². The predicted molar refractivity (Wildman–Crippen MR) is 103 cm³/mol. The van der Waals surface area contributed by atoms with Crippen LogP contribution >= 0.6 is 12.4 Å². The summed E-state index contributed by atoms with van der Waals surface area (Å²) < 4.78 is 11.2. The lowest BCUT2D eigenvalue weighted by Gasteiger charge is -2.43. The average Bonchev–Trinajstić information content (AvgIpc) is 2.61. The fraction of sp³-hybridized carbons (Fsp3) is 0.650. The zero-order valence-corrected chi connectivity index (χ0v) is 15.9. The van der Waals surface area contributed by atoms with Crippen LogP contribution in [0.5, 0.6) is 11.5 Å². The molecule has 2 unspecified atom stereocenters. The number of ether oxygens (including phenoxy) is 2. The summed E-state index contributed by atoms with van der Waals surface area (Å²) in [5.74, 6) is 3.06. The SMILES string of the molecule is Cl.NC1C2CCCC1CC(C(=O)NCCc1ccc3c(c1)OCCO3)C2. The Hall–Kier alpha value is -1.46. The fourth-order valence-electron chi connectivity index (χ4n) is 4.72. The zero-order valence-electron chi connectivity index (χ0n) is 15.1. The van der Waals surface area contributed by atoms with Gasteiger partial charge in [0.25, 0.3) is 0 Å². The van der Waals surface area contributed by atoms with Gasteiger partial charge in [0.15, 0.2) is 11.5 Å². The van der Waals surface area contributed by atoms with Crippen LogP contribution in [0.2, 0.25) is 0 Å². The molecule has 6 heteroatoms. The molecular weight excluding hydrogens is 352 g/mol. The highest BCUT2D eigenvalue weighted by atomic mass is 35.5. The number of amides is 1. The molecule has 0 spiro atoms. The molecule has 2 aliphatic carbocycles. The number of carbonyl (C=O) groups is 1. The van der Waals surface area contributed by atoms with Crippen molar-refractivity contribution in [1.82, 2.24) is 5.32 Å². The molecule has 2 atom stereocenters. The zero-order chi connectivity index (χ0) is 17.2. The molecule has 3 N–H and O–H groups in total. The van der Waals surface area contributed by atoms with E-state index in [1.807, 2.05) is 18.2 Å². The maximum atomic E-state index is 12.6. The van der Waals surface area contributed by atoms with Crippen LogP contribution in [0.25, 0.3) is 0 Å². The number of halogens is 1. The van der Waals surface area contributed by atoms with Gasteiger partial charge in [-0.25, -0.2) is 0 Å². The molecule has 3 aliphatic rings. The van der Waals surface area contributed by atoms with Crippen LogP contribution < -0.4 is 20.5 Å². The Morgan fingerprint density at radius 2 is 1.81 bits per heavy atom. The second-order valence-electron chi connectivity index (χ2n) is 7.72. The molecule has 1 aromatic carbocycles. The minimum absolute atomic E-state index is 0. The van der Waals surface area contributed by atoms with E-state index in [0.717, 1.165) is 36.3 Å². The molecule has 26 heavy (non-hydrogen) atoms. The van der Waals surface area contributed by atoms with E-state index in [2.05, 4.69) is 5.32 Å². The van der Waals surface area contributed by atoms with Crippen molar-refractivity contribution in [2.45, 2.75) is 44.6 Å². The molecule has 4 rings (SSSR count). The van der Waals surface area contributed by atoms with Gasteiger partial charge < -0.3 is 20.5 Å². The molecule has 2 fully saturated rings. The minimum Gasteiger partial charge on any atom is -0.486 e. The number of nitrogens with two attached hydrogens (primary N) is 1.